The molecule has 1 aliphatic rings. The second-order valence-corrected chi connectivity index (χ2v) is 7.33. The molecule has 3 rings (SSSR count). The van der Waals surface area contributed by atoms with Gasteiger partial charge in [0.25, 0.3) is 0 Å². The highest BCUT2D eigenvalue weighted by Crippen LogP contribution is 2.14. The summed E-state index contributed by atoms with van der Waals surface area (Å²) in [6, 6.07) is 17.7. The molecule has 2 aromatic carbocycles. The normalized spacial score (nSPS) is 16.6. The zero-order valence-corrected chi connectivity index (χ0v) is 16.6. The number of Topliss-reactive ketones (excluding diaryl/α,β-unsaturated/α-hetero) is 1. The number of benzene rings is 2. The molecule has 150 valence electrons. The van der Waals surface area contributed by atoms with Crippen LogP contribution < -0.4 is 4.74 Å². The maximum absolute atomic E-state index is 11.6. The summed E-state index contributed by atoms with van der Waals surface area (Å²) < 4.78 is 5.68. The Morgan fingerprint density at radius 1 is 1.00 bits per heavy atom. The Kier molecular flexibility index (Phi) is 7.60. The molecule has 1 saturated heterocycles. The number of hydrogen-bond acceptors (Lipinski definition) is 5. The van der Waals surface area contributed by atoms with Crippen molar-refractivity contribution in [2.45, 2.75) is 26.0 Å². The molecule has 2 aromatic rings. The summed E-state index contributed by atoms with van der Waals surface area (Å²) in [7, 11) is 0. The number of hydrogen-bond donors (Lipinski definition) is 1. The summed E-state index contributed by atoms with van der Waals surface area (Å²) in [6.45, 7) is 7.64. The fraction of sp³-hybridized carbons (Fsp3) is 0.435. The molecule has 0 aromatic heterocycles. The van der Waals surface area contributed by atoms with Crippen molar-refractivity contribution in [1.29, 1.82) is 0 Å². The highest BCUT2D eigenvalue weighted by Gasteiger charge is 2.19. The SMILES string of the molecule is CCC(=O)c1ccc(OCC(O)CN2CCN(Cc3ccccc3)CC2)cc1. The standard InChI is InChI=1S/C23H30N2O3/c1-2-23(27)20-8-10-22(11-9-20)28-18-21(26)17-25-14-12-24(13-15-25)16-19-6-4-3-5-7-19/h3-11,21,26H,2,12-18H2,1H3. The second-order valence-electron chi connectivity index (χ2n) is 7.33. The number of rotatable bonds is 9. The van der Waals surface area contributed by atoms with E-state index in [-0.39, 0.29) is 12.4 Å². The van der Waals surface area contributed by atoms with Gasteiger partial charge in [-0.05, 0) is 29.8 Å². The summed E-state index contributed by atoms with van der Waals surface area (Å²) in [6.07, 6.45) is -0.0324. The van der Waals surface area contributed by atoms with Crippen LogP contribution in [0, 0.1) is 0 Å². The van der Waals surface area contributed by atoms with Crippen LogP contribution in [0.4, 0.5) is 0 Å². The van der Waals surface area contributed by atoms with Crippen LogP contribution in [0.25, 0.3) is 0 Å². The average molecular weight is 383 g/mol. The van der Waals surface area contributed by atoms with E-state index in [2.05, 4.69) is 34.1 Å². The maximum Gasteiger partial charge on any atom is 0.162 e. The van der Waals surface area contributed by atoms with Crippen LogP contribution in [-0.4, -0.2) is 66.1 Å². The number of piperazine rings is 1. The quantitative estimate of drug-likeness (QED) is 0.676. The zero-order valence-electron chi connectivity index (χ0n) is 16.6. The van der Waals surface area contributed by atoms with Gasteiger partial charge in [-0.15, -0.1) is 0 Å². The molecule has 0 spiro atoms. The lowest BCUT2D eigenvalue weighted by Gasteiger charge is -2.35. The third kappa shape index (κ3) is 6.16. The molecule has 0 amide bonds. The topological polar surface area (TPSA) is 53.0 Å². The number of carbonyl (C=O) groups excluding carboxylic acids is 1. The first-order valence-electron chi connectivity index (χ1n) is 10.1. The first-order valence-corrected chi connectivity index (χ1v) is 10.1. The predicted molar refractivity (Wildman–Crippen MR) is 111 cm³/mol. The number of aliphatic hydroxyl groups excluding tert-OH is 1. The first kappa shape index (κ1) is 20.5. The molecule has 5 nitrogen and oxygen atoms in total. The molecule has 1 heterocycles. The summed E-state index contributed by atoms with van der Waals surface area (Å²) in [5.74, 6) is 0.803. The lowest BCUT2D eigenvalue weighted by atomic mass is 10.1. The lowest BCUT2D eigenvalue weighted by Crippen LogP contribution is -2.48. The van der Waals surface area contributed by atoms with Crippen molar-refractivity contribution >= 4 is 5.78 Å². The van der Waals surface area contributed by atoms with Crippen molar-refractivity contribution in [3.8, 4) is 5.75 Å². The Labute approximate surface area is 167 Å². The number of β-amino-alcohol motifs (C(OH)–C–C–N with tert-alkyl or cyclic N) is 1. The minimum absolute atomic E-state index is 0.123. The van der Waals surface area contributed by atoms with Gasteiger partial charge in [-0.2, -0.15) is 0 Å². The highest BCUT2D eigenvalue weighted by molar-refractivity contribution is 5.95. The summed E-state index contributed by atoms with van der Waals surface area (Å²) >= 11 is 0. The summed E-state index contributed by atoms with van der Waals surface area (Å²) in [5.41, 5.74) is 2.04. The first-order chi connectivity index (χ1) is 13.6. The molecule has 0 bridgehead atoms. The maximum atomic E-state index is 11.6. The van der Waals surface area contributed by atoms with Crippen molar-refractivity contribution in [2.24, 2.45) is 0 Å². The third-order valence-electron chi connectivity index (χ3n) is 5.12. The van der Waals surface area contributed by atoms with Gasteiger partial charge in [-0.3, -0.25) is 14.6 Å². The number of carbonyl (C=O) groups is 1. The number of nitrogens with zero attached hydrogens (tertiary/aromatic N) is 2. The number of ether oxygens (including phenoxy) is 1. The smallest absolute Gasteiger partial charge is 0.162 e. The van der Waals surface area contributed by atoms with Gasteiger partial charge in [0.1, 0.15) is 18.5 Å². The van der Waals surface area contributed by atoms with E-state index in [1.165, 1.54) is 5.56 Å². The van der Waals surface area contributed by atoms with E-state index in [0.717, 1.165) is 32.7 Å². The Morgan fingerprint density at radius 3 is 2.29 bits per heavy atom. The molecule has 28 heavy (non-hydrogen) atoms. The van der Waals surface area contributed by atoms with Crippen LogP contribution in [0.3, 0.4) is 0 Å². The van der Waals surface area contributed by atoms with Crippen molar-refractivity contribution in [3.05, 3.63) is 65.7 Å². The molecular weight excluding hydrogens is 352 g/mol. The van der Waals surface area contributed by atoms with Crippen molar-refractivity contribution in [3.63, 3.8) is 0 Å². The van der Waals surface area contributed by atoms with Crippen LogP contribution in [0.2, 0.25) is 0 Å². The fourth-order valence-corrected chi connectivity index (χ4v) is 3.46. The molecular formula is C23H30N2O3. The fourth-order valence-electron chi connectivity index (χ4n) is 3.46. The summed E-state index contributed by atoms with van der Waals surface area (Å²) in [5, 5.41) is 10.3. The molecule has 1 unspecified atom stereocenters. The van der Waals surface area contributed by atoms with E-state index in [0.29, 0.717) is 24.3 Å². The Bertz CT molecular complexity index is 725. The predicted octanol–water partition coefficient (Wildman–Crippen LogP) is 2.84. The van der Waals surface area contributed by atoms with Crippen LogP contribution >= 0.6 is 0 Å². The molecule has 0 saturated carbocycles. The average Bonchev–Trinajstić information content (AvgIpc) is 2.74. The van der Waals surface area contributed by atoms with Gasteiger partial charge in [0.05, 0.1) is 0 Å². The number of aliphatic hydroxyl groups is 1. The van der Waals surface area contributed by atoms with Crippen molar-refractivity contribution in [1.82, 2.24) is 9.80 Å². The Morgan fingerprint density at radius 2 is 1.64 bits per heavy atom. The molecule has 0 radical (unpaired) electrons. The molecule has 0 aliphatic carbocycles. The van der Waals surface area contributed by atoms with E-state index < -0.39 is 6.10 Å². The van der Waals surface area contributed by atoms with E-state index in [4.69, 9.17) is 4.74 Å². The van der Waals surface area contributed by atoms with Crippen molar-refractivity contribution < 1.29 is 14.6 Å². The molecule has 5 heteroatoms. The third-order valence-corrected chi connectivity index (χ3v) is 5.12. The highest BCUT2D eigenvalue weighted by atomic mass is 16.5. The van der Waals surface area contributed by atoms with E-state index in [1.54, 1.807) is 24.3 Å². The largest absolute Gasteiger partial charge is 0.491 e. The second kappa shape index (κ2) is 10.4. The minimum atomic E-state index is -0.530. The van der Waals surface area contributed by atoms with Gasteiger partial charge < -0.3 is 9.84 Å². The van der Waals surface area contributed by atoms with Gasteiger partial charge in [0, 0.05) is 51.3 Å². The van der Waals surface area contributed by atoms with Gasteiger partial charge in [0.15, 0.2) is 5.78 Å². The summed E-state index contributed by atoms with van der Waals surface area (Å²) in [4.78, 5) is 16.4. The molecule has 1 N–H and O–H groups in total. The van der Waals surface area contributed by atoms with Gasteiger partial charge in [-0.25, -0.2) is 0 Å². The van der Waals surface area contributed by atoms with Crippen molar-refractivity contribution in [2.75, 3.05) is 39.3 Å². The Balaban J connectivity index is 1.36. The monoisotopic (exact) mass is 382 g/mol. The van der Waals surface area contributed by atoms with Crippen LogP contribution in [0.15, 0.2) is 54.6 Å². The van der Waals surface area contributed by atoms with Crippen LogP contribution in [-0.2, 0) is 6.54 Å². The molecule has 1 fully saturated rings. The lowest BCUT2D eigenvalue weighted by molar-refractivity contribution is 0.0446. The van der Waals surface area contributed by atoms with Gasteiger partial charge in [-0.1, -0.05) is 37.3 Å². The minimum Gasteiger partial charge on any atom is -0.491 e. The molecule has 1 atom stereocenters. The number of ketones is 1. The van der Waals surface area contributed by atoms with Crippen LogP contribution in [0.1, 0.15) is 29.3 Å². The van der Waals surface area contributed by atoms with E-state index in [1.807, 2.05) is 13.0 Å². The zero-order chi connectivity index (χ0) is 19.8. The van der Waals surface area contributed by atoms with Crippen LogP contribution in [0.5, 0.6) is 5.75 Å². The van der Waals surface area contributed by atoms with E-state index >= 15 is 0 Å². The Hall–Kier alpha value is -2.21. The van der Waals surface area contributed by atoms with Gasteiger partial charge >= 0.3 is 0 Å². The van der Waals surface area contributed by atoms with Gasteiger partial charge in [0.2, 0.25) is 0 Å². The molecule has 1 aliphatic heterocycles. The van der Waals surface area contributed by atoms with E-state index in [9.17, 15) is 9.90 Å².